The van der Waals surface area contributed by atoms with Crippen LogP contribution in [-0.2, 0) is 14.3 Å². The Hall–Kier alpha value is -0.490. The number of hydrogen-bond acceptors (Lipinski definition) is 5. The first-order chi connectivity index (χ1) is 15.3. The highest BCUT2D eigenvalue weighted by Crippen LogP contribution is 2.64. The molecule has 5 aliphatic rings. The molecule has 1 saturated heterocycles. The van der Waals surface area contributed by atoms with Gasteiger partial charge in [-0.3, -0.25) is 9.69 Å². The normalized spacial score (nSPS) is 49.2. The monoisotopic (exact) mass is 447 g/mol. The van der Waals surface area contributed by atoms with E-state index in [1.165, 1.54) is 32.1 Å². The molecule has 182 valence electrons. The molecule has 0 aromatic heterocycles. The van der Waals surface area contributed by atoms with Gasteiger partial charge in [0.05, 0.1) is 31.5 Å². The van der Waals surface area contributed by atoms with Crippen LogP contribution in [0, 0.1) is 40.9 Å². The van der Waals surface area contributed by atoms with Crippen molar-refractivity contribution in [2.75, 3.05) is 39.5 Å². The number of nitrogens with zero attached hydrogens (tertiary/aromatic N) is 1. The first kappa shape index (κ1) is 23.3. The Morgan fingerprint density at radius 2 is 1.84 bits per heavy atom. The van der Waals surface area contributed by atoms with E-state index in [4.69, 9.17) is 9.47 Å². The first-order valence-corrected chi connectivity index (χ1v) is 13.5. The Balaban J connectivity index is 1.28. The predicted molar refractivity (Wildman–Crippen MR) is 124 cm³/mol. The molecule has 5 nitrogen and oxygen atoms in total. The molecule has 0 radical (unpaired) electrons. The summed E-state index contributed by atoms with van der Waals surface area (Å²) in [4.78, 5) is 15.7. The third-order valence-electron chi connectivity index (χ3n) is 10.6. The summed E-state index contributed by atoms with van der Waals surface area (Å²) < 4.78 is 11.5. The van der Waals surface area contributed by atoms with Gasteiger partial charge in [0.25, 0.3) is 0 Å². The van der Waals surface area contributed by atoms with Crippen LogP contribution in [0.1, 0.15) is 72.1 Å². The van der Waals surface area contributed by atoms with E-state index in [-0.39, 0.29) is 17.4 Å². The molecule has 0 aromatic rings. The minimum absolute atomic E-state index is 0.0211. The van der Waals surface area contributed by atoms with Crippen molar-refractivity contribution in [2.24, 2.45) is 40.9 Å². The largest absolute Gasteiger partial charge is 0.387 e. The first-order valence-electron chi connectivity index (χ1n) is 13.5. The van der Waals surface area contributed by atoms with Crippen LogP contribution in [-0.4, -0.2) is 66.9 Å². The summed E-state index contributed by atoms with van der Waals surface area (Å²) in [5.74, 6) is 4.31. The molecule has 3 unspecified atom stereocenters. The van der Waals surface area contributed by atoms with Gasteiger partial charge < -0.3 is 14.6 Å². The Kier molecular flexibility index (Phi) is 6.50. The van der Waals surface area contributed by atoms with E-state index in [0.717, 1.165) is 57.4 Å². The van der Waals surface area contributed by atoms with Crippen molar-refractivity contribution in [3.8, 4) is 0 Å². The average molecular weight is 448 g/mol. The topological polar surface area (TPSA) is 59.0 Å². The minimum Gasteiger partial charge on any atom is -0.387 e. The number of carbonyl (C=O) groups is 1. The molecule has 5 fully saturated rings. The highest BCUT2D eigenvalue weighted by atomic mass is 16.5. The van der Waals surface area contributed by atoms with Gasteiger partial charge in [0.2, 0.25) is 0 Å². The van der Waals surface area contributed by atoms with Gasteiger partial charge in [0.15, 0.2) is 0 Å². The summed E-state index contributed by atoms with van der Waals surface area (Å²) in [7, 11) is 0. The van der Waals surface area contributed by atoms with E-state index < -0.39 is 5.60 Å². The lowest BCUT2D eigenvalue weighted by molar-refractivity contribution is -0.172. The number of hydrogen-bond donors (Lipinski definition) is 1. The van der Waals surface area contributed by atoms with Crippen molar-refractivity contribution in [1.82, 2.24) is 4.90 Å². The molecule has 32 heavy (non-hydrogen) atoms. The maximum atomic E-state index is 13.4. The van der Waals surface area contributed by atoms with E-state index >= 15 is 0 Å². The van der Waals surface area contributed by atoms with E-state index in [1.807, 2.05) is 13.8 Å². The second-order valence-electron chi connectivity index (χ2n) is 12.2. The van der Waals surface area contributed by atoms with Gasteiger partial charge in [-0.05, 0) is 100 Å². The molecule has 1 aliphatic heterocycles. The molecular formula is C27H45NO4. The van der Waals surface area contributed by atoms with Crippen LogP contribution in [0.3, 0.4) is 0 Å². The molecule has 5 rings (SSSR count). The molecule has 0 spiro atoms. The molecule has 1 N–H and O–H groups in total. The second kappa shape index (κ2) is 8.94. The number of carbonyl (C=O) groups excluding carboxylic acids is 1. The number of morpholine rings is 1. The number of ether oxygens (including phenoxy) is 2. The zero-order chi connectivity index (χ0) is 22.5. The fraction of sp³-hybridized carbons (Fsp3) is 0.963. The van der Waals surface area contributed by atoms with E-state index in [1.54, 1.807) is 0 Å². The Morgan fingerprint density at radius 3 is 2.59 bits per heavy atom. The Bertz CT molecular complexity index is 689. The van der Waals surface area contributed by atoms with Crippen LogP contribution in [0.2, 0.25) is 0 Å². The summed E-state index contributed by atoms with van der Waals surface area (Å²) >= 11 is 0. The SMILES string of the molecule is CCO[C@H]1C[C@H]2C(CC[C@@H]3C2CC[C@@]2(C)C3CC[C@@H]2C(=O)CN2CCOCC2)C[C@]1(C)O. The van der Waals surface area contributed by atoms with E-state index in [0.29, 0.717) is 36.7 Å². The zero-order valence-electron chi connectivity index (χ0n) is 20.6. The number of rotatable bonds is 5. The summed E-state index contributed by atoms with van der Waals surface area (Å²) in [5.41, 5.74) is -0.492. The molecule has 1 heterocycles. The molecule has 4 aliphatic carbocycles. The Labute approximate surface area is 194 Å². The second-order valence-corrected chi connectivity index (χ2v) is 12.2. The third kappa shape index (κ3) is 3.99. The summed E-state index contributed by atoms with van der Waals surface area (Å²) in [6.45, 7) is 11.1. The van der Waals surface area contributed by atoms with Gasteiger partial charge in [0, 0.05) is 25.6 Å². The molecule has 5 heteroatoms. The zero-order valence-corrected chi connectivity index (χ0v) is 20.6. The molecule has 0 amide bonds. The molecule has 9 atom stereocenters. The highest BCUT2D eigenvalue weighted by molar-refractivity contribution is 5.84. The van der Waals surface area contributed by atoms with Gasteiger partial charge in [-0.2, -0.15) is 0 Å². The molecular weight excluding hydrogens is 402 g/mol. The van der Waals surface area contributed by atoms with Gasteiger partial charge >= 0.3 is 0 Å². The fourth-order valence-electron chi connectivity index (χ4n) is 9.09. The van der Waals surface area contributed by atoms with Crippen LogP contribution >= 0.6 is 0 Å². The van der Waals surface area contributed by atoms with Gasteiger partial charge in [-0.1, -0.05) is 6.92 Å². The van der Waals surface area contributed by atoms with Crippen molar-refractivity contribution in [3.05, 3.63) is 0 Å². The molecule has 4 saturated carbocycles. The van der Waals surface area contributed by atoms with E-state index in [9.17, 15) is 9.90 Å². The number of fused-ring (bicyclic) bond motifs is 5. The lowest BCUT2D eigenvalue weighted by Gasteiger charge is -2.58. The number of aliphatic hydroxyl groups is 1. The smallest absolute Gasteiger partial charge is 0.150 e. The van der Waals surface area contributed by atoms with Crippen LogP contribution < -0.4 is 0 Å². The van der Waals surface area contributed by atoms with Gasteiger partial charge in [0.1, 0.15) is 5.78 Å². The van der Waals surface area contributed by atoms with Crippen molar-refractivity contribution < 1.29 is 19.4 Å². The predicted octanol–water partition coefficient (Wildman–Crippen LogP) is 3.92. The number of Topliss-reactive ketones (excluding diaryl/α,β-unsaturated/α-hetero) is 1. The van der Waals surface area contributed by atoms with Crippen molar-refractivity contribution in [3.63, 3.8) is 0 Å². The minimum atomic E-state index is -0.683. The standard InChI is InChI=1S/C27H45NO4/c1-4-32-25-15-21-18(16-27(25,3)30)5-6-20-19(21)9-10-26(2)22(20)7-8-23(26)24(29)17-28-11-13-31-14-12-28/h18-23,25,30H,4-17H2,1-3H3/t18?,19?,20-,21+,22?,23-,25+,26+,27+/m1/s1. The van der Waals surface area contributed by atoms with Crippen molar-refractivity contribution >= 4 is 5.78 Å². The molecule has 0 aromatic carbocycles. The van der Waals surface area contributed by atoms with Crippen LogP contribution in [0.15, 0.2) is 0 Å². The van der Waals surface area contributed by atoms with Crippen molar-refractivity contribution in [2.45, 2.75) is 83.8 Å². The van der Waals surface area contributed by atoms with Crippen LogP contribution in [0.4, 0.5) is 0 Å². The summed E-state index contributed by atoms with van der Waals surface area (Å²) in [6, 6.07) is 0. The average Bonchev–Trinajstić information content (AvgIpc) is 3.12. The van der Waals surface area contributed by atoms with Crippen molar-refractivity contribution in [1.29, 1.82) is 0 Å². The highest BCUT2D eigenvalue weighted by Gasteiger charge is 2.59. The third-order valence-corrected chi connectivity index (χ3v) is 10.6. The lowest BCUT2D eigenvalue weighted by atomic mass is 9.48. The van der Waals surface area contributed by atoms with Crippen LogP contribution in [0.5, 0.6) is 0 Å². The number of ketones is 1. The molecule has 0 bridgehead atoms. The quantitative estimate of drug-likeness (QED) is 0.692. The maximum Gasteiger partial charge on any atom is 0.150 e. The van der Waals surface area contributed by atoms with Gasteiger partial charge in [-0.15, -0.1) is 0 Å². The fourth-order valence-corrected chi connectivity index (χ4v) is 9.09. The summed E-state index contributed by atoms with van der Waals surface area (Å²) in [5, 5.41) is 11.0. The van der Waals surface area contributed by atoms with Gasteiger partial charge in [-0.25, -0.2) is 0 Å². The maximum absolute atomic E-state index is 13.4. The lowest BCUT2D eigenvalue weighted by Crippen LogP contribution is -2.56. The van der Waals surface area contributed by atoms with Crippen LogP contribution in [0.25, 0.3) is 0 Å². The summed E-state index contributed by atoms with van der Waals surface area (Å²) in [6.07, 6.45) is 9.25. The van der Waals surface area contributed by atoms with E-state index in [2.05, 4.69) is 11.8 Å². The Morgan fingerprint density at radius 1 is 1.06 bits per heavy atom.